The number of aryl methyl sites for hydroxylation is 2. The second-order valence-corrected chi connectivity index (χ2v) is 6.40. The molecule has 4 aromatic rings. The van der Waals surface area contributed by atoms with Gasteiger partial charge in [0.05, 0.1) is 23.4 Å². The molecule has 0 bridgehead atoms. The van der Waals surface area contributed by atoms with E-state index in [0.29, 0.717) is 33.7 Å². The van der Waals surface area contributed by atoms with Crippen molar-refractivity contribution in [1.82, 2.24) is 20.1 Å². The minimum Gasteiger partial charge on any atom is -0.495 e. The Morgan fingerprint density at radius 3 is 2.61 bits per heavy atom. The molecule has 0 saturated heterocycles. The number of hydrogen-bond acceptors (Lipinski definition) is 7. The van der Waals surface area contributed by atoms with Crippen LogP contribution in [0.2, 0.25) is 5.02 Å². The lowest BCUT2D eigenvalue weighted by Crippen LogP contribution is -1.99. The van der Waals surface area contributed by atoms with Crippen LogP contribution in [0.3, 0.4) is 0 Å². The molecule has 0 atom stereocenters. The molecular formula is C19H17Cl2N5O2. The number of nitrogens with zero attached hydrogens (tertiary/aromatic N) is 4. The van der Waals surface area contributed by atoms with E-state index < -0.39 is 0 Å². The Morgan fingerprint density at radius 2 is 1.93 bits per heavy atom. The summed E-state index contributed by atoms with van der Waals surface area (Å²) in [5.41, 5.74) is 3.73. The zero-order valence-corrected chi connectivity index (χ0v) is 16.9. The van der Waals surface area contributed by atoms with Crippen molar-refractivity contribution in [2.75, 3.05) is 12.4 Å². The van der Waals surface area contributed by atoms with E-state index in [1.165, 1.54) is 0 Å². The van der Waals surface area contributed by atoms with Crippen LogP contribution in [-0.4, -0.2) is 27.2 Å². The fraction of sp³-hybridized carbons (Fsp3) is 0.158. The number of anilines is 2. The summed E-state index contributed by atoms with van der Waals surface area (Å²) in [4.78, 5) is 13.3. The molecule has 28 heavy (non-hydrogen) atoms. The molecule has 3 aromatic heterocycles. The highest BCUT2D eigenvalue weighted by atomic mass is 35.5. The number of benzene rings is 1. The average Bonchev–Trinajstić information content (AvgIpc) is 3.08. The topological polar surface area (TPSA) is 86.0 Å². The smallest absolute Gasteiger partial charge is 0.261 e. The number of halogens is 2. The number of pyridine rings is 2. The summed E-state index contributed by atoms with van der Waals surface area (Å²) in [5, 5.41) is 8.60. The summed E-state index contributed by atoms with van der Waals surface area (Å²) < 4.78 is 10.6. The normalized spacial score (nSPS) is 10.6. The van der Waals surface area contributed by atoms with Gasteiger partial charge in [-0.3, -0.25) is 0 Å². The molecule has 4 rings (SSSR count). The van der Waals surface area contributed by atoms with E-state index >= 15 is 0 Å². The van der Waals surface area contributed by atoms with Crippen LogP contribution in [0.1, 0.15) is 11.5 Å². The number of rotatable bonds is 4. The first-order chi connectivity index (χ1) is 13.0. The SMILES string of the molecule is COc1ccc(Nc2c(-c3nc(C)no3)cnc3nc(C)ccc23)cc1Cl.Cl. The maximum absolute atomic E-state index is 6.26. The average molecular weight is 418 g/mol. The van der Waals surface area contributed by atoms with Gasteiger partial charge < -0.3 is 14.6 Å². The second-order valence-electron chi connectivity index (χ2n) is 5.99. The van der Waals surface area contributed by atoms with Crippen LogP contribution in [0.5, 0.6) is 5.75 Å². The van der Waals surface area contributed by atoms with E-state index in [1.54, 1.807) is 32.4 Å². The van der Waals surface area contributed by atoms with Gasteiger partial charge in [-0.1, -0.05) is 16.8 Å². The number of ether oxygens (including phenoxy) is 1. The highest BCUT2D eigenvalue weighted by Crippen LogP contribution is 2.36. The largest absolute Gasteiger partial charge is 0.495 e. The minimum absolute atomic E-state index is 0. The Balaban J connectivity index is 0.00000225. The van der Waals surface area contributed by atoms with Gasteiger partial charge in [0.25, 0.3) is 5.89 Å². The predicted octanol–water partition coefficient (Wildman–Crippen LogP) is 5.12. The first-order valence-corrected chi connectivity index (χ1v) is 8.60. The second kappa shape index (κ2) is 8.00. The van der Waals surface area contributed by atoms with Gasteiger partial charge in [0.2, 0.25) is 0 Å². The third kappa shape index (κ3) is 3.72. The highest BCUT2D eigenvalue weighted by molar-refractivity contribution is 6.32. The summed E-state index contributed by atoms with van der Waals surface area (Å²) in [6, 6.07) is 9.36. The van der Waals surface area contributed by atoms with Gasteiger partial charge in [-0.15, -0.1) is 12.4 Å². The van der Waals surface area contributed by atoms with Gasteiger partial charge in [0, 0.05) is 23.0 Å². The lowest BCUT2D eigenvalue weighted by atomic mass is 10.1. The van der Waals surface area contributed by atoms with E-state index in [2.05, 4.69) is 25.4 Å². The van der Waals surface area contributed by atoms with Crippen molar-refractivity contribution in [3.63, 3.8) is 0 Å². The molecule has 1 aromatic carbocycles. The first kappa shape index (κ1) is 19.9. The summed E-state index contributed by atoms with van der Waals surface area (Å²) in [7, 11) is 1.58. The lowest BCUT2D eigenvalue weighted by Gasteiger charge is -2.14. The fourth-order valence-corrected chi connectivity index (χ4v) is 3.02. The van der Waals surface area contributed by atoms with Crippen molar-refractivity contribution in [2.45, 2.75) is 13.8 Å². The Kier molecular flexibility index (Phi) is 5.67. The van der Waals surface area contributed by atoms with E-state index in [-0.39, 0.29) is 12.4 Å². The van der Waals surface area contributed by atoms with Crippen LogP contribution >= 0.6 is 24.0 Å². The van der Waals surface area contributed by atoms with Crippen molar-refractivity contribution in [3.8, 4) is 17.2 Å². The van der Waals surface area contributed by atoms with Crippen LogP contribution < -0.4 is 10.1 Å². The molecular weight excluding hydrogens is 401 g/mol. The highest BCUT2D eigenvalue weighted by Gasteiger charge is 2.17. The summed E-state index contributed by atoms with van der Waals surface area (Å²) in [6.07, 6.45) is 1.68. The van der Waals surface area contributed by atoms with Crippen molar-refractivity contribution in [2.24, 2.45) is 0 Å². The van der Waals surface area contributed by atoms with Gasteiger partial charge in [0.15, 0.2) is 11.5 Å². The van der Waals surface area contributed by atoms with Gasteiger partial charge in [-0.25, -0.2) is 9.97 Å². The Hall–Kier alpha value is -2.90. The molecule has 0 spiro atoms. The molecule has 0 unspecified atom stereocenters. The van der Waals surface area contributed by atoms with Crippen LogP contribution in [0.4, 0.5) is 11.4 Å². The third-order valence-corrected chi connectivity index (χ3v) is 4.34. The quantitative estimate of drug-likeness (QED) is 0.492. The zero-order chi connectivity index (χ0) is 19.0. The summed E-state index contributed by atoms with van der Waals surface area (Å²) >= 11 is 6.26. The summed E-state index contributed by atoms with van der Waals surface area (Å²) in [6.45, 7) is 3.69. The number of methoxy groups -OCH3 is 1. The fourth-order valence-electron chi connectivity index (χ4n) is 2.76. The zero-order valence-electron chi connectivity index (χ0n) is 15.4. The molecule has 7 nitrogen and oxygen atoms in total. The Labute approximate surface area is 172 Å². The standard InChI is InChI=1S/C19H16ClN5O2.ClH/c1-10-4-6-13-17(24-12-5-7-16(26-3)15(20)8-12)14(9-21-18(13)22-10)19-23-11(2)25-27-19;/h4-9H,1-3H3,(H,21,22,24);1H. The molecule has 0 aliphatic heterocycles. The molecule has 3 heterocycles. The van der Waals surface area contributed by atoms with Crippen molar-refractivity contribution >= 4 is 46.4 Å². The molecule has 144 valence electrons. The van der Waals surface area contributed by atoms with E-state index in [1.807, 2.05) is 25.1 Å². The molecule has 0 fully saturated rings. The third-order valence-electron chi connectivity index (χ3n) is 4.05. The predicted molar refractivity (Wildman–Crippen MR) is 111 cm³/mol. The van der Waals surface area contributed by atoms with Crippen LogP contribution in [-0.2, 0) is 0 Å². The van der Waals surface area contributed by atoms with Crippen LogP contribution in [0.25, 0.3) is 22.5 Å². The monoisotopic (exact) mass is 417 g/mol. The van der Waals surface area contributed by atoms with E-state index in [0.717, 1.165) is 22.5 Å². The number of fused-ring (bicyclic) bond motifs is 1. The van der Waals surface area contributed by atoms with Crippen molar-refractivity contribution in [3.05, 3.63) is 53.1 Å². The first-order valence-electron chi connectivity index (χ1n) is 8.23. The summed E-state index contributed by atoms with van der Waals surface area (Å²) in [5.74, 6) is 1.53. The molecule has 0 aliphatic carbocycles. The van der Waals surface area contributed by atoms with Gasteiger partial charge in [0.1, 0.15) is 5.75 Å². The molecule has 0 radical (unpaired) electrons. The van der Waals surface area contributed by atoms with Crippen LogP contribution in [0.15, 0.2) is 41.1 Å². The maximum Gasteiger partial charge on any atom is 0.261 e. The number of nitrogens with one attached hydrogen (secondary N) is 1. The maximum atomic E-state index is 6.26. The number of hydrogen-bond donors (Lipinski definition) is 1. The van der Waals surface area contributed by atoms with Crippen molar-refractivity contribution < 1.29 is 9.26 Å². The van der Waals surface area contributed by atoms with E-state index in [9.17, 15) is 0 Å². The van der Waals surface area contributed by atoms with Crippen molar-refractivity contribution in [1.29, 1.82) is 0 Å². The number of aromatic nitrogens is 4. The molecule has 9 heteroatoms. The lowest BCUT2D eigenvalue weighted by molar-refractivity contribution is 0.415. The van der Waals surface area contributed by atoms with Gasteiger partial charge >= 0.3 is 0 Å². The Bertz CT molecular complexity index is 1150. The molecule has 0 aliphatic rings. The Morgan fingerprint density at radius 1 is 1.11 bits per heavy atom. The van der Waals surface area contributed by atoms with Gasteiger partial charge in [-0.05, 0) is 44.2 Å². The van der Waals surface area contributed by atoms with Crippen LogP contribution in [0, 0.1) is 13.8 Å². The van der Waals surface area contributed by atoms with Gasteiger partial charge in [-0.2, -0.15) is 4.98 Å². The molecule has 0 amide bonds. The minimum atomic E-state index is 0. The van der Waals surface area contributed by atoms with E-state index in [4.69, 9.17) is 20.9 Å². The molecule has 1 N–H and O–H groups in total. The molecule has 0 saturated carbocycles.